The normalized spacial score (nSPS) is 16.1. The van der Waals surface area contributed by atoms with Crippen LogP contribution >= 0.6 is 0 Å². The van der Waals surface area contributed by atoms with Crippen LogP contribution in [0.4, 0.5) is 0 Å². The van der Waals surface area contributed by atoms with E-state index in [9.17, 15) is 4.79 Å². The second-order valence-electron chi connectivity index (χ2n) is 4.34. The maximum Gasteiger partial charge on any atom is 0.303 e. The van der Waals surface area contributed by atoms with Crippen LogP contribution in [0.2, 0.25) is 0 Å². The monoisotopic (exact) mass is 204 g/mol. The fraction of sp³-hybridized carbons (Fsp3) is 0.462. The van der Waals surface area contributed by atoms with Gasteiger partial charge in [-0.05, 0) is 41.9 Å². The highest BCUT2D eigenvalue weighted by Gasteiger charge is 2.19. The van der Waals surface area contributed by atoms with E-state index >= 15 is 0 Å². The molecule has 1 N–H and O–H groups in total. The van der Waals surface area contributed by atoms with Gasteiger partial charge in [-0.25, -0.2) is 0 Å². The summed E-state index contributed by atoms with van der Waals surface area (Å²) in [6.45, 7) is 2.00. The molecule has 80 valence electrons. The molecule has 2 nitrogen and oxygen atoms in total. The van der Waals surface area contributed by atoms with Gasteiger partial charge in [-0.3, -0.25) is 4.79 Å². The van der Waals surface area contributed by atoms with E-state index in [1.165, 1.54) is 23.1 Å². The Morgan fingerprint density at radius 1 is 1.47 bits per heavy atom. The van der Waals surface area contributed by atoms with E-state index in [0.717, 1.165) is 12.8 Å². The summed E-state index contributed by atoms with van der Waals surface area (Å²) in [4.78, 5) is 10.7. The Kier molecular flexibility index (Phi) is 2.76. The molecule has 1 aromatic rings. The van der Waals surface area contributed by atoms with E-state index in [4.69, 9.17) is 5.11 Å². The fourth-order valence-corrected chi connectivity index (χ4v) is 2.48. The minimum absolute atomic E-state index is 0.135. The number of carboxylic acids is 1. The van der Waals surface area contributed by atoms with Crippen LogP contribution in [0.3, 0.4) is 0 Å². The van der Waals surface area contributed by atoms with Crippen LogP contribution in [0.5, 0.6) is 0 Å². The molecule has 0 spiro atoms. The van der Waals surface area contributed by atoms with Crippen molar-refractivity contribution in [2.45, 2.75) is 38.5 Å². The van der Waals surface area contributed by atoms with Gasteiger partial charge in [0.2, 0.25) is 0 Å². The van der Waals surface area contributed by atoms with Gasteiger partial charge < -0.3 is 5.11 Å². The van der Waals surface area contributed by atoms with Crippen LogP contribution < -0.4 is 0 Å². The van der Waals surface area contributed by atoms with Gasteiger partial charge in [-0.15, -0.1) is 0 Å². The molecule has 0 heterocycles. The summed E-state index contributed by atoms with van der Waals surface area (Å²) in [6.07, 6.45) is 3.72. The number of benzene rings is 1. The molecule has 0 fully saturated rings. The van der Waals surface area contributed by atoms with Gasteiger partial charge in [-0.1, -0.05) is 25.1 Å². The van der Waals surface area contributed by atoms with E-state index in [-0.39, 0.29) is 12.3 Å². The third-order valence-corrected chi connectivity index (χ3v) is 3.19. The van der Waals surface area contributed by atoms with Gasteiger partial charge in [0.25, 0.3) is 0 Å². The summed E-state index contributed by atoms with van der Waals surface area (Å²) in [7, 11) is 0. The number of rotatable bonds is 3. The number of hydrogen-bond acceptors (Lipinski definition) is 1. The second kappa shape index (κ2) is 4.05. The van der Waals surface area contributed by atoms with Crippen LogP contribution in [0, 0.1) is 0 Å². The Hall–Kier alpha value is -1.31. The summed E-state index contributed by atoms with van der Waals surface area (Å²) in [5.74, 6) is -0.575. The van der Waals surface area contributed by atoms with Crippen molar-refractivity contribution in [3.8, 4) is 0 Å². The number of fused-ring (bicyclic) bond motifs is 1. The number of carboxylic acid groups (broad SMARTS) is 1. The molecule has 15 heavy (non-hydrogen) atoms. The summed E-state index contributed by atoms with van der Waals surface area (Å²) in [6, 6.07) is 6.30. The summed E-state index contributed by atoms with van der Waals surface area (Å²) in [5, 5.41) is 8.79. The van der Waals surface area contributed by atoms with Gasteiger partial charge in [-0.2, -0.15) is 0 Å². The standard InChI is InChI=1S/C13H16O2/c1-9(8-13(14)15)11-6-2-4-10-5-3-7-12(10)11/h2,4,6,9H,3,5,7-8H2,1H3,(H,14,15). The molecule has 0 saturated carbocycles. The molecule has 2 heteroatoms. The van der Waals surface area contributed by atoms with Crippen molar-refractivity contribution in [1.82, 2.24) is 0 Å². The fourth-order valence-electron chi connectivity index (χ4n) is 2.48. The maximum absolute atomic E-state index is 10.7. The lowest BCUT2D eigenvalue weighted by molar-refractivity contribution is -0.137. The molecule has 0 aromatic heterocycles. The highest BCUT2D eigenvalue weighted by atomic mass is 16.4. The Morgan fingerprint density at radius 3 is 3.00 bits per heavy atom. The molecule has 2 rings (SSSR count). The zero-order valence-corrected chi connectivity index (χ0v) is 8.99. The van der Waals surface area contributed by atoms with Gasteiger partial charge >= 0.3 is 5.97 Å². The molecule has 1 aliphatic rings. The zero-order chi connectivity index (χ0) is 10.8. The average molecular weight is 204 g/mol. The molecule has 0 aliphatic heterocycles. The lowest BCUT2D eigenvalue weighted by Crippen LogP contribution is -2.05. The maximum atomic E-state index is 10.7. The van der Waals surface area contributed by atoms with Gasteiger partial charge in [0.05, 0.1) is 6.42 Å². The Morgan fingerprint density at radius 2 is 2.27 bits per heavy atom. The molecule has 0 bridgehead atoms. The van der Waals surface area contributed by atoms with Crippen LogP contribution in [0.1, 0.15) is 42.4 Å². The Balaban J connectivity index is 2.28. The number of hydrogen-bond donors (Lipinski definition) is 1. The van der Waals surface area contributed by atoms with Gasteiger partial charge in [0.15, 0.2) is 0 Å². The molecule has 1 aliphatic carbocycles. The highest BCUT2D eigenvalue weighted by Crippen LogP contribution is 2.31. The van der Waals surface area contributed by atoms with Crippen molar-refractivity contribution in [3.63, 3.8) is 0 Å². The van der Waals surface area contributed by atoms with E-state index in [1.54, 1.807) is 0 Å². The van der Waals surface area contributed by atoms with Crippen molar-refractivity contribution in [1.29, 1.82) is 0 Å². The third-order valence-electron chi connectivity index (χ3n) is 3.19. The van der Waals surface area contributed by atoms with Crippen molar-refractivity contribution < 1.29 is 9.90 Å². The Bertz CT molecular complexity index is 382. The van der Waals surface area contributed by atoms with Crippen molar-refractivity contribution >= 4 is 5.97 Å². The van der Waals surface area contributed by atoms with E-state index in [1.807, 2.05) is 6.92 Å². The zero-order valence-electron chi connectivity index (χ0n) is 8.99. The molecule has 1 unspecified atom stereocenters. The molecule has 0 saturated heterocycles. The van der Waals surface area contributed by atoms with E-state index in [2.05, 4.69) is 18.2 Å². The van der Waals surface area contributed by atoms with Crippen LogP contribution in [-0.2, 0) is 17.6 Å². The summed E-state index contributed by atoms with van der Waals surface area (Å²) in [5.41, 5.74) is 4.07. The molecule has 1 aromatic carbocycles. The Labute approximate surface area is 89.9 Å². The number of carbonyl (C=O) groups is 1. The van der Waals surface area contributed by atoms with Crippen LogP contribution in [0.25, 0.3) is 0 Å². The van der Waals surface area contributed by atoms with Crippen LogP contribution in [0.15, 0.2) is 18.2 Å². The molecular weight excluding hydrogens is 188 g/mol. The first-order valence-electron chi connectivity index (χ1n) is 5.51. The molecular formula is C13H16O2. The quantitative estimate of drug-likeness (QED) is 0.822. The lowest BCUT2D eigenvalue weighted by atomic mass is 9.91. The minimum Gasteiger partial charge on any atom is -0.481 e. The number of aryl methyl sites for hydroxylation is 1. The topological polar surface area (TPSA) is 37.3 Å². The molecule has 1 atom stereocenters. The summed E-state index contributed by atoms with van der Waals surface area (Å²) >= 11 is 0. The van der Waals surface area contributed by atoms with Crippen LogP contribution in [-0.4, -0.2) is 11.1 Å². The SMILES string of the molecule is CC(CC(=O)O)c1cccc2c1CCC2. The summed E-state index contributed by atoms with van der Waals surface area (Å²) < 4.78 is 0. The molecule has 0 radical (unpaired) electrons. The predicted octanol–water partition coefficient (Wildman–Crippen LogP) is 2.75. The van der Waals surface area contributed by atoms with Gasteiger partial charge in [0, 0.05) is 0 Å². The van der Waals surface area contributed by atoms with Gasteiger partial charge in [0.1, 0.15) is 0 Å². The average Bonchev–Trinajstić information content (AvgIpc) is 2.63. The van der Waals surface area contributed by atoms with E-state index < -0.39 is 5.97 Å². The smallest absolute Gasteiger partial charge is 0.303 e. The minimum atomic E-state index is -0.710. The second-order valence-corrected chi connectivity index (χ2v) is 4.34. The first-order valence-corrected chi connectivity index (χ1v) is 5.51. The van der Waals surface area contributed by atoms with Crippen molar-refractivity contribution in [3.05, 3.63) is 34.9 Å². The lowest BCUT2D eigenvalue weighted by Gasteiger charge is -2.14. The molecule has 0 amide bonds. The van der Waals surface area contributed by atoms with Crippen molar-refractivity contribution in [2.24, 2.45) is 0 Å². The predicted molar refractivity (Wildman–Crippen MR) is 59.1 cm³/mol. The first kappa shape index (κ1) is 10.2. The largest absolute Gasteiger partial charge is 0.481 e. The third kappa shape index (κ3) is 2.04. The van der Waals surface area contributed by atoms with E-state index in [0.29, 0.717) is 0 Å². The van der Waals surface area contributed by atoms with Crippen molar-refractivity contribution in [2.75, 3.05) is 0 Å². The number of aliphatic carboxylic acids is 1. The highest BCUT2D eigenvalue weighted by molar-refractivity contribution is 5.68. The first-order chi connectivity index (χ1) is 7.18.